The summed E-state index contributed by atoms with van der Waals surface area (Å²) in [6.07, 6.45) is 0.954. The maximum absolute atomic E-state index is 5.70. The summed E-state index contributed by atoms with van der Waals surface area (Å²) >= 11 is 1.64. The fourth-order valence-electron chi connectivity index (χ4n) is 3.34. The van der Waals surface area contributed by atoms with E-state index in [4.69, 9.17) is 9.84 Å². The number of thiophene rings is 1. The van der Waals surface area contributed by atoms with E-state index in [0.717, 1.165) is 29.3 Å². The summed E-state index contributed by atoms with van der Waals surface area (Å²) in [5, 5.41) is 20.8. The number of ether oxygens (including phenoxy) is 1. The van der Waals surface area contributed by atoms with Crippen LogP contribution in [0.4, 0.5) is 5.82 Å². The molecule has 126 valence electrons. The van der Waals surface area contributed by atoms with Crippen molar-refractivity contribution in [1.29, 1.82) is 0 Å². The lowest BCUT2D eigenvalue weighted by atomic mass is 9.56. The van der Waals surface area contributed by atoms with Crippen LogP contribution in [-0.2, 0) is 4.74 Å². The zero-order valence-corrected chi connectivity index (χ0v) is 15.1. The average molecular weight is 343 g/mol. The van der Waals surface area contributed by atoms with Crippen LogP contribution in [0.15, 0.2) is 29.0 Å². The summed E-state index contributed by atoms with van der Waals surface area (Å²) in [5.41, 5.74) is 1.71. The van der Waals surface area contributed by atoms with Gasteiger partial charge in [0.05, 0.1) is 5.60 Å². The van der Waals surface area contributed by atoms with E-state index in [9.17, 15) is 0 Å². The normalized spacial score (nSPS) is 25.6. The monoisotopic (exact) mass is 343 g/mol. The summed E-state index contributed by atoms with van der Waals surface area (Å²) in [4.78, 5) is 0. The quantitative estimate of drug-likeness (QED) is 0.786. The van der Waals surface area contributed by atoms with Crippen LogP contribution in [0.1, 0.15) is 27.2 Å². The molecule has 0 saturated heterocycles. The first-order chi connectivity index (χ1) is 11.4. The Hall–Kier alpha value is -1.99. The van der Waals surface area contributed by atoms with Crippen molar-refractivity contribution in [2.45, 2.75) is 38.8 Å². The van der Waals surface area contributed by atoms with Crippen LogP contribution in [0.3, 0.4) is 0 Å². The Morgan fingerprint density at radius 2 is 2.08 bits per heavy atom. The van der Waals surface area contributed by atoms with E-state index in [2.05, 4.69) is 41.7 Å². The highest BCUT2D eigenvalue weighted by Crippen LogP contribution is 2.52. The van der Waals surface area contributed by atoms with E-state index in [0.29, 0.717) is 6.04 Å². The Morgan fingerprint density at radius 1 is 1.25 bits per heavy atom. The zero-order chi connectivity index (χ0) is 16.9. The Bertz CT molecular complexity index is 872. The lowest BCUT2D eigenvalue weighted by Gasteiger charge is -2.59. The molecular formula is C17H21N5OS. The molecule has 1 saturated carbocycles. The number of anilines is 1. The first-order valence-corrected chi connectivity index (χ1v) is 8.96. The van der Waals surface area contributed by atoms with Crippen LogP contribution in [-0.4, -0.2) is 38.6 Å². The molecule has 6 nitrogen and oxygen atoms in total. The van der Waals surface area contributed by atoms with Gasteiger partial charge in [-0.1, -0.05) is 13.8 Å². The molecule has 3 heterocycles. The van der Waals surface area contributed by atoms with Crippen LogP contribution in [0.25, 0.3) is 17.0 Å². The Balaban J connectivity index is 1.63. The standard InChI is InChI=1S/C17H21N5OS/c1-16(2)12(9-17(16,3)23-4)18-13-5-6-14-19-20-15(22(14)21-13)11-7-8-24-10-11/h5-8,10,12H,9H2,1-4H3,(H,18,21). The largest absolute Gasteiger partial charge is 0.378 e. The van der Waals surface area contributed by atoms with Crippen molar-refractivity contribution in [3.05, 3.63) is 29.0 Å². The van der Waals surface area contributed by atoms with Crippen molar-refractivity contribution in [1.82, 2.24) is 19.8 Å². The second kappa shape index (κ2) is 5.26. The maximum Gasteiger partial charge on any atom is 0.186 e. The third-order valence-electron chi connectivity index (χ3n) is 5.64. The molecule has 3 aromatic heterocycles. The molecule has 7 heteroatoms. The highest BCUT2D eigenvalue weighted by atomic mass is 32.1. The fraction of sp³-hybridized carbons (Fsp3) is 0.471. The number of nitrogens with one attached hydrogen (secondary N) is 1. The number of hydrogen-bond donors (Lipinski definition) is 1. The predicted octanol–water partition coefficient (Wildman–Crippen LogP) is 3.47. The average Bonchev–Trinajstić information content (AvgIpc) is 3.22. The minimum absolute atomic E-state index is 0.0295. The van der Waals surface area contributed by atoms with Gasteiger partial charge in [-0.3, -0.25) is 0 Å². The molecule has 1 fully saturated rings. The second-order valence-electron chi connectivity index (χ2n) is 7.08. The lowest BCUT2D eigenvalue weighted by Crippen LogP contribution is -2.65. The molecule has 0 aliphatic heterocycles. The van der Waals surface area contributed by atoms with E-state index in [1.807, 2.05) is 23.6 Å². The zero-order valence-electron chi connectivity index (χ0n) is 14.3. The number of methoxy groups -OCH3 is 1. The van der Waals surface area contributed by atoms with Gasteiger partial charge < -0.3 is 10.1 Å². The molecule has 0 amide bonds. The molecule has 0 spiro atoms. The molecule has 4 rings (SSSR count). The van der Waals surface area contributed by atoms with Crippen LogP contribution in [0.2, 0.25) is 0 Å². The van der Waals surface area contributed by atoms with Gasteiger partial charge in [-0.2, -0.15) is 15.9 Å². The molecule has 2 unspecified atom stereocenters. The molecule has 1 aliphatic carbocycles. The number of aromatic nitrogens is 4. The molecule has 1 N–H and O–H groups in total. The van der Waals surface area contributed by atoms with E-state index < -0.39 is 0 Å². The van der Waals surface area contributed by atoms with Crippen molar-refractivity contribution >= 4 is 22.8 Å². The summed E-state index contributed by atoms with van der Waals surface area (Å²) < 4.78 is 7.50. The first-order valence-electron chi connectivity index (χ1n) is 8.01. The van der Waals surface area contributed by atoms with Gasteiger partial charge >= 0.3 is 0 Å². The molecule has 1 aliphatic rings. The predicted molar refractivity (Wildman–Crippen MR) is 95.3 cm³/mol. The van der Waals surface area contributed by atoms with E-state index in [1.54, 1.807) is 23.0 Å². The van der Waals surface area contributed by atoms with Gasteiger partial charge in [0, 0.05) is 29.5 Å². The van der Waals surface area contributed by atoms with Crippen LogP contribution >= 0.6 is 11.3 Å². The third-order valence-corrected chi connectivity index (χ3v) is 6.33. The molecule has 0 aromatic carbocycles. The van der Waals surface area contributed by atoms with Crippen molar-refractivity contribution in [2.24, 2.45) is 5.41 Å². The Morgan fingerprint density at radius 3 is 2.75 bits per heavy atom. The van der Waals surface area contributed by atoms with Crippen molar-refractivity contribution in [3.63, 3.8) is 0 Å². The summed E-state index contributed by atoms with van der Waals surface area (Å²) in [5.74, 6) is 1.60. The summed E-state index contributed by atoms with van der Waals surface area (Å²) in [7, 11) is 1.78. The fourth-order valence-corrected chi connectivity index (χ4v) is 3.97. The summed E-state index contributed by atoms with van der Waals surface area (Å²) in [6, 6.07) is 6.25. The second-order valence-corrected chi connectivity index (χ2v) is 7.86. The number of rotatable bonds is 4. The van der Waals surface area contributed by atoms with E-state index in [-0.39, 0.29) is 11.0 Å². The van der Waals surface area contributed by atoms with Crippen LogP contribution < -0.4 is 5.32 Å². The first kappa shape index (κ1) is 15.5. The van der Waals surface area contributed by atoms with Gasteiger partial charge in [-0.25, -0.2) is 0 Å². The molecule has 24 heavy (non-hydrogen) atoms. The van der Waals surface area contributed by atoms with Crippen molar-refractivity contribution in [3.8, 4) is 11.4 Å². The van der Waals surface area contributed by atoms with E-state index in [1.165, 1.54) is 0 Å². The van der Waals surface area contributed by atoms with Crippen molar-refractivity contribution in [2.75, 3.05) is 12.4 Å². The third kappa shape index (κ3) is 2.15. The highest BCUT2D eigenvalue weighted by molar-refractivity contribution is 7.08. The minimum atomic E-state index is -0.104. The molecule has 0 radical (unpaired) electrons. The van der Waals surface area contributed by atoms with Crippen molar-refractivity contribution < 1.29 is 4.74 Å². The van der Waals surface area contributed by atoms with Gasteiger partial charge in [-0.05, 0) is 36.9 Å². The maximum atomic E-state index is 5.70. The van der Waals surface area contributed by atoms with Gasteiger partial charge in [0.2, 0.25) is 0 Å². The van der Waals surface area contributed by atoms with Crippen LogP contribution in [0, 0.1) is 5.41 Å². The van der Waals surface area contributed by atoms with Crippen LogP contribution in [0.5, 0.6) is 0 Å². The molecule has 3 aromatic rings. The van der Waals surface area contributed by atoms with Gasteiger partial charge in [-0.15, -0.1) is 15.3 Å². The lowest BCUT2D eigenvalue weighted by molar-refractivity contribution is -0.166. The van der Waals surface area contributed by atoms with Gasteiger partial charge in [0.15, 0.2) is 11.5 Å². The molecular weight excluding hydrogens is 322 g/mol. The Labute approximate surface area is 144 Å². The van der Waals surface area contributed by atoms with Gasteiger partial charge in [0.25, 0.3) is 0 Å². The highest BCUT2D eigenvalue weighted by Gasteiger charge is 2.57. The minimum Gasteiger partial charge on any atom is -0.378 e. The number of hydrogen-bond acceptors (Lipinski definition) is 6. The van der Waals surface area contributed by atoms with E-state index >= 15 is 0 Å². The van der Waals surface area contributed by atoms with Gasteiger partial charge in [0.1, 0.15) is 5.82 Å². The topological polar surface area (TPSA) is 64.3 Å². The summed E-state index contributed by atoms with van der Waals surface area (Å²) in [6.45, 7) is 6.62. The molecule has 2 atom stereocenters. The molecule has 0 bridgehead atoms. The SMILES string of the molecule is COC1(C)CC(Nc2ccc3nnc(-c4ccsc4)n3n2)C1(C)C. The smallest absolute Gasteiger partial charge is 0.186 e. The number of fused-ring (bicyclic) bond motifs is 1. The number of nitrogens with zero attached hydrogens (tertiary/aromatic N) is 4. The Kier molecular flexibility index (Phi) is 3.40.